The van der Waals surface area contributed by atoms with Crippen molar-refractivity contribution in [2.24, 2.45) is 0 Å². The van der Waals surface area contributed by atoms with E-state index in [1.54, 1.807) is 6.08 Å². The number of benzene rings is 5. The quantitative estimate of drug-likeness (QED) is 0.177. The highest BCUT2D eigenvalue weighted by Gasteiger charge is 2.22. The fourth-order valence-electron chi connectivity index (χ4n) is 4.72. The van der Waals surface area contributed by atoms with E-state index in [0.29, 0.717) is 12.0 Å². The Kier molecular flexibility index (Phi) is 7.92. The van der Waals surface area contributed by atoms with Crippen LogP contribution in [0.1, 0.15) is 16.7 Å². The zero-order valence-corrected chi connectivity index (χ0v) is 22.2. The lowest BCUT2D eigenvalue weighted by Crippen LogP contribution is -2.22. The first-order valence-electron chi connectivity index (χ1n) is 12.7. The molecule has 3 heteroatoms. The lowest BCUT2D eigenvalue weighted by molar-refractivity contribution is -0.132. The van der Waals surface area contributed by atoms with Crippen molar-refractivity contribution in [3.05, 3.63) is 156 Å². The molecular weight excluding hydrogens is 483 g/mol. The summed E-state index contributed by atoms with van der Waals surface area (Å²) in [6, 6.07) is 45.9. The van der Waals surface area contributed by atoms with E-state index >= 15 is 0 Å². The molecule has 1 N–H and O–H groups in total. The van der Waals surface area contributed by atoms with Gasteiger partial charge in [-0.2, -0.15) is 0 Å². The minimum absolute atomic E-state index is 0.336. The van der Waals surface area contributed by atoms with Gasteiger partial charge in [0, 0.05) is 12.0 Å². The van der Waals surface area contributed by atoms with Crippen LogP contribution < -0.4 is 15.9 Å². The number of aryl methyl sites for hydroxylation is 1. The maximum atomic E-state index is 12.3. The second kappa shape index (κ2) is 11.9. The molecule has 0 heterocycles. The van der Waals surface area contributed by atoms with Crippen LogP contribution in [-0.4, -0.2) is 11.1 Å². The molecule has 0 aromatic heterocycles. The first kappa shape index (κ1) is 25.4. The van der Waals surface area contributed by atoms with Crippen molar-refractivity contribution >= 4 is 35.9 Å². The summed E-state index contributed by atoms with van der Waals surface area (Å²) >= 11 is 0. The number of carbonyl (C=O) groups is 1. The standard InChI is InChI=1S/C35H29O2P/c1-26-21-22-33(34(23-26)38(30-16-7-3-8-17-30)31-18-9-4-10-19-31)32-20-12-11-15-28(32)25-29(35(36)37)24-27-13-5-2-6-14-27/h2-24H,25H2,1H3,(H,36,37)/b29-24+. The van der Waals surface area contributed by atoms with Gasteiger partial charge in [0.2, 0.25) is 0 Å². The number of carboxylic acids is 1. The van der Waals surface area contributed by atoms with E-state index in [1.807, 2.05) is 48.5 Å². The average molecular weight is 513 g/mol. The summed E-state index contributed by atoms with van der Waals surface area (Å²) in [6.07, 6.45) is 2.11. The predicted octanol–water partition coefficient (Wildman–Crippen LogP) is 7.13. The zero-order valence-electron chi connectivity index (χ0n) is 21.3. The van der Waals surface area contributed by atoms with E-state index < -0.39 is 13.9 Å². The normalized spacial score (nSPS) is 11.5. The Morgan fingerprint density at radius 1 is 0.684 bits per heavy atom. The third-order valence-electron chi connectivity index (χ3n) is 6.53. The zero-order chi connectivity index (χ0) is 26.3. The van der Waals surface area contributed by atoms with Crippen LogP contribution in [0.25, 0.3) is 17.2 Å². The first-order valence-corrected chi connectivity index (χ1v) is 14.0. The van der Waals surface area contributed by atoms with Crippen LogP contribution in [0.2, 0.25) is 0 Å². The van der Waals surface area contributed by atoms with Gasteiger partial charge in [0.1, 0.15) is 0 Å². The van der Waals surface area contributed by atoms with E-state index in [0.717, 1.165) is 22.3 Å². The summed E-state index contributed by atoms with van der Waals surface area (Å²) in [7, 11) is -0.822. The van der Waals surface area contributed by atoms with Crippen molar-refractivity contribution in [1.82, 2.24) is 0 Å². The predicted molar refractivity (Wildman–Crippen MR) is 161 cm³/mol. The van der Waals surface area contributed by atoms with Crippen LogP contribution in [-0.2, 0) is 11.2 Å². The van der Waals surface area contributed by atoms with Gasteiger partial charge in [-0.15, -0.1) is 0 Å². The summed E-state index contributed by atoms with van der Waals surface area (Å²) in [5, 5.41) is 13.9. The number of carboxylic acid groups (broad SMARTS) is 1. The van der Waals surface area contributed by atoms with Crippen molar-refractivity contribution in [2.75, 3.05) is 0 Å². The summed E-state index contributed by atoms with van der Waals surface area (Å²) in [6.45, 7) is 2.13. The molecular formula is C35H29O2P. The summed E-state index contributed by atoms with van der Waals surface area (Å²) in [5.74, 6) is -0.899. The molecule has 2 nitrogen and oxygen atoms in total. The van der Waals surface area contributed by atoms with Crippen molar-refractivity contribution in [3.63, 3.8) is 0 Å². The molecule has 186 valence electrons. The Hall–Kier alpha value is -4.26. The molecule has 0 atom stereocenters. The summed E-state index contributed by atoms with van der Waals surface area (Å²) < 4.78 is 0. The Morgan fingerprint density at radius 3 is 1.84 bits per heavy atom. The molecule has 0 aliphatic carbocycles. The molecule has 0 unspecified atom stereocenters. The van der Waals surface area contributed by atoms with Gasteiger partial charge in [-0.1, -0.05) is 139 Å². The van der Waals surface area contributed by atoms with Gasteiger partial charge < -0.3 is 5.11 Å². The van der Waals surface area contributed by atoms with E-state index in [1.165, 1.54) is 21.5 Å². The van der Waals surface area contributed by atoms with Gasteiger partial charge in [0.15, 0.2) is 0 Å². The van der Waals surface area contributed by atoms with Crippen LogP contribution in [0, 0.1) is 6.92 Å². The molecule has 0 aliphatic rings. The number of hydrogen-bond donors (Lipinski definition) is 1. The van der Waals surface area contributed by atoms with Crippen molar-refractivity contribution < 1.29 is 9.90 Å². The lowest BCUT2D eigenvalue weighted by atomic mass is 9.93. The molecule has 0 radical (unpaired) electrons. The van der Waals surface area contributed by atoms with Crippen molar-refractivity contribution in [3.8, 4) is 11.1 Å². The van der Waals surface area contributed by atoms with Gasteiger partial charge in [-0.05, 0) is 59.1 Å². The van der Waals surface area contributed by atoms with Gasteiger partial charge >= 0.3 is 5.97 Å². The smallest absolute Gasteiger partial charge is 0.331 e. The largest absolute Gasteiger partial charge is 0.478 e. The van der Waals surface area contributed by atoms with Crippen molar-refractivity contribution in [2.45, 2.75) is 13.3 Å². The summed E-state index contributed by atoms with van der Waals surface area (Å²) in [4.78, 5) is 12.3. The van der Waals surface area contributed by atoms with Crippen molar-refractivity contribution in [1.29, 1.82) is 0 Å². The highest BCUT2D eigenvalue weighted by atomic mass is 31.1. The van der Waals surface area contributed by atoms with Crippen LogP contribution in [0.15, 0.2) is 139 Å². The molecule has 5 aromatic rings. The topological polar surface area (TPSA) is 37.3 Å². The number of rotatable bonds is 8. The van der Waals surface area contributed by atoms with E-state index in [9.17, 15) is 9.90 Å². The molecule has 0 amide bonds. The van der Waals surface area contributed by atoms with Crippen LogP contribution in [0.4, 0.5) is 0 Å². The van der Waals surface area contributed by atoms with Crippen LogP contribution >= 0.6 is 7.92 Å². The third kappa shape index (κ3) is 5.83. The molecule has 0 spiro atoms. The second-order valence-electron chi connectivity index (χ2n) is 9.25. The third-order valence-corrected chi connectivity index (χ3v) is 9.01. The fourth-order valence-corrected chi connectivity index (χ4v) is 7.28. The van der Waals surface area contributed by atoms with E-state index in [2.05, 4.69) is 91.9 Å². The molecule has 0 saturated heterocycles. The highest BCUT2D eigenvalue weighted by molar-refractivity contribution is 7.80. The number of hydrogen-bond acceptors (Lipinski definition) is 1. The average Bonchev–Trinajstić information content (AvgIpc) is 2.95. The Bertz CT molecular complexity index is 1520. The molecule has 38 heavy (non-hydrogen) atoms. The second-order valence-corrected chi connectivity index (χ2v) is 11.4. The summed E-state index contributed by atoms with van der Waals surface area (Å²) in [5.41, 5.74) is 5.67. The Balaban J connectivity index is 1.66. The molecule has 5 rings (SSSR count). The van der Waals surface area contributed by atoms with Gasteiger partial charge in [-0.25, -0.2) is 4.79 Å². The molecule has 0 aliphatic heterocycles. The monoisotopic (exact) mass is 512 g/mol. The Morgan fingerprint density at radius 2 is 1.24 bits per heavy atom. The van der Waals surface area contributed by atoms with Crippen LogP contribution in [0.3, 0.4) is 0 Å². The number of aliphatic carboxylic acids is 1. The highest BCUT2D eigenvalue weighted by Crippen LogP contribution is 2.38. The van der Waals surface area contributed by atoms with Crippen LogP contribution in [0.5, 0.6) is 0 Å². The molecule has 0 fully saturated rings. The maximum absolute atomic E-state index is 12.3. The molecule has 0 saturated carbocycles. The molecule has 5 aromatic carbocycles. The van der Waals surface area contributed by atoms with Gasteiger partial charge in [-0.3, -0.25) is 0 Å². The fraction of sp³-hybridized carbons (Fsp3) is 0.0571. The van der Waals surface area contributed by atoms with Gasteiger partial charge in [0.05, 0.1) is 0 Å². The van der Waals surface area contributed by atoms with E-state index in [4.69, 9.17) is 0 Å². The lowest BCUT2D eigenvalue weighted by Gasteiger charge is -2.24. The molecule has 0 bridgehead atoms. The minimum atomic E-state index is -0.899. The van der Waals surface area contributed by atoms with E-state index in [-0.39, 0.29) is 0 Å². The maximum Gasteiger partial charge on any atom is 0.331 e. The Labute approximate surface area is 225 Å². The van der Waals surface area contributed by atoms with Gasteiger partial charge in [0.25, 0.3) is 0 Å². The first-order chi connectivity index (χ1) is 18.6. The SMILES string of the molecule is Cc1ccc(-c2ccccc2C/C(=C\c2ccccc2)C(=O)O)c(P(c2ccccc2)c2ccccc2)c1. The minimum Gasteiger partial charge on any atom is -0.478 e.